The molecule has 0 unspecified atom stereocenters. The van der Waals surface area contributed by atoms with Gasteiger partial charge in [-0.2, -0.15) is 0 Å². The Morgan fingerprint density at radius 1 is 1.03 bits per heavy atom. The lowest BCUT2D eigenvalue weighted by Gasteiger charge is -2.10. The first-order valence-electron chi connectivity index (χ1n) is 10.2. The summed E-state index contributed by atoms with van der Waals surface area (Å²) in [5, 5.41) is 0. The molecule has 2 heterocycles. The van der Waals surface area contributed by atoms with E-state index >= 15 is 0 Å². The molecule has 0 aliphatic heterocycles. The molecule has 0 radical (unpaired) electrons. The van der Waals surface area contributed by atoms with Crippen LogP contribution in [0.3, 0.4) is 0 Å². The van der Waals surface area contributed by atoms with E-state index in [-0.39, 0.29) is 18.0 Å². The topological polar surface area (TPSA) is 79.0 Å². The van der Waals surface area contributed by atoms with Crippen LogP contribution >= 0.6 is 0 Å². The van der Waals surface area contributed by atoms with E-state index in [4.69, 9.17) is 9.72 Å². The molecule has 2 aromatic heterocycles. The Balaban J connectivity index is 2.07. The maximum atomic E-state index is 13.2. The lowest BCUT2D eigenvalue weighted by molar-refractivity contribution is 0.0500. The number of rotatable bonds is 5. The summed E-state index contributed by atoms with van der Waals surface area (Å²) >= 11 is 0. The second kappa shape index (κ2) is 8.18. The van der Waals surface area contributed by atoms with Crippen molar-refractivity contribution in [1.82, 2.24) is 19.1 Å². The molecular weight excluding hydrogens is 392 g/mol. The Morgan fingerprint density at radius 2 is 1.74 bits per heavy atom. The molecule has 158 valence electrons. The van der Waals surface area contributed by atoms with Crippen LogP contribution in [0.1, 0.15) is 35.0 Å². The van der Waals surface area contributed by atoms with Gasteiger partial charge in [0.25, 0.3) is 0 Å². The quantitative estimate of drug-likeness (QED) is 0.460. The summed E-state index contributed by atoms with van der Waals surface area (Å²) < 4.78 is 8.31. The minimum Gasteiger partial charge on any atom is -0.461 e. The molecule has 31 heavy (non-hydrogen) atoms. The Morgan fingerprint density at radius 3 is 2.42 bits per heavy atom. The van der Waals surface area contributed by atoms with E-state index < -0.39 is 5.97 Å². The van der Waals surface area contributed by atoms with Crippen LogP contribution in [0.25, 0.3) is 28.2 Å². The predicted molar refractivity (Wildman–Crippen MR) is 120 cm³/mol. The SMILES string of the molecule is CCCOC(=O)c1nc(-c2ccc(C)cc2)nc2c1n(C)c(=O)n2-c1ccccc1C. The van der Waals surface area contributed by atoms with E-state index in [1.807, 2.05) is 69.3 Å². The summed E-state index contributed by atoms with van der Waals surface area (Å²) in [7, 11) is 1.62. The van der Waals surface area contributed by atoms with Crippen LogP contribution in [0.15, 0.2) is 53.3 Å². The summed E-state index contributed by atoms with van der Waals surface area (Å²) in [5.74, 6) is -0.205. The summed E-state index contributed by atoms with van der Waals surface area (Å²) in [6, 6.07) is 15.3. The molecule has 0 saturated heterocycles. The maximum Gasteiger partial charge on any atom is 0.359 e. The highest BCUT2D eigenvalue weighted by Crippen LogP contribution is 2.25. The zero-order valence-electron chi connectivity index (χ0n) is 18.0. The van der Waals surface area contributed by atoms with Gasteiger partial charge in [0, 0.05) is 12.6 Å². The Bertz CT molecular complexity index is 1330. The van der Waals surface area contributed by atoms with Crippen LogP contribution in [-0.4, -0.2) is 31.7 Å². The van der Waals surface area contributed by atoms with Crippen molar-refractivity contribution in [2.45, 2.75) is 27.2 Å². The number of ether oxygens (including phenoxy) is 1. The monoisotopic (exact) mass is 416 g/mol. The van der Waals surface area contributed by atoms with Crippen molar-refractivity contribution in [2.75, 3.05) is 6.61 Å². The predicted octanol–water partition coefficient (Wildman–Crippen LogP) is 3.97. The average molecular weight is 416 g/mol. The molecule has 0 fully saturated rings. The summed E-state index contributed by atoms with van der Waals surface area (Å²) in [5.41, 5.74) is 3.99. The van der Waals surface area contributed by atoms with Crippen molar-refractivity contribution in [3.63, 3.8) is 0 Å². The van der Waals surface area contributed by atoms with Crippen molar-refractivity contribution < 1.29 is 9.53 Å². The first-order chi connectivity index (χ1) is 14.9. The number of nitrogens with zero attached hydrogens (tertiary/aromatic N) is 4. The first-order valence-corrected chi connectivity index (χ1v) is 10.2. The van der Waals surface area contributed by atoms with Crippen LogP contribution in [0.5, 0.6) is 0 Å². The molecule has 7 heteroatoms. The van der Waals surface area contributed by atoms with E-state index in [2.05, 4.69) is 4.98 Å². The molecule has 0 amide bonds. The van der Waals surface area contributed by atoms with Crippen LogP contribution in [-0.2, 0) is 11.8 Å². The minimum absolute atomic E-state index is 0.0842. The molecule has 2 aromatic carbocycles. The van der Waals surface area contributed by atoms with Gasteiger partial charge in [-0.1, -0.05) is 55.0 Å². The molecule has 0 spiro atoms. The lowest BCUT2D eigenvalue weighted by Crippen LogP contribution is -2.21. The number of para-hydroxylation sites is 1. The third kappa shape index (κ3) is 3.63. The van der Waals surface area contributed by atoms with E-state index in [1.165, 1.54) is 9.13 Å². The molecule has 0 atom stereocenters. The molecular formula is C24H24N4O3. The Labute approximate surface area is 180 Å². The van der Waals surface area contributed by atoms with Gasteiger partial charge in [0.05, 0.1) is 12.3 Å². The van der Waals surface area contributed by atoms with Crippen LogP contribution < -0.4 is 5.69 Å². The second-order valence-corrected chi connectivity index (χ2v) is 7.53. The number of imidazole rings is 1. The summed E-state index contributed by atoms with van der Waals surface area (Å²) in [4.78, 5) is 35.4. The van der Waals surface area contributed by atoms with Crippen molar-refractivity contribution in [3.8, 4) is 17.1 Å². The fraction of sp³-hybridized carbons (Fsp3) is 0.250. The molecule has 0 N–H and O–H groups in total. The van der Waals surface area contributed by atoms with Crippen molar-refractivity contribution in [1.29, 1.82) is 0 Å². The zero-order chi connectivity index (χ0) is 22.1. The van der Waals surface area contributed by atoms with Crippen LogP contribution in [0, 0.1) is 13.8 Å². The normalized spacial score (nSPS) is 11.1. The number of hydrogen-bond acceptors (Lipinski definition) is 5. The van der Waals surface area contributed by atoms with Gasteiger partial charge >= 0.3 is 11.7 Å². The minimum atomic E-state index is -0.569. The second-order valence-electron chi connectivity index (χ2n) is 7.53. The number of carbonyl (C=O) groups is 1. The van der Waals surface area contributed by atoms with Gasteiger partial charge in [-0.25, -0.2) is 24.1 Å². The number of aryl methyl sites for hydroxylation is 3. The molecule has 0 aliphatic rings. The number of benzene rings is 2. The van der Waals surface area contributed by atoms with Crippen LogP contribution in [0.4, 0.5) is 0 Å². The molecule has 4 aromatic rings. The van der Waals surface area contributed by atoms with Gasteiger partial charge in [-0.05, 0) is 31.9 Å². The van der Waals surface area contributed by atoms with Crippen molar-refractivity contribution in [2.24, 2.45) is 7.05 Å². The van der Waals surface area contributed by atoms with Gasteiger partial charge in [-0.15, -0.1) is 0 Å². The number of hydrogen-bond donors (Lipinski definition) is 0. The van der Waals surface area contributed by atoms with Gasteiger partial charge in [0.2, 0.25) is 0 Å². The molecule has 4 rings (SSSR count). The fourth-order valence-electron chi connectivity index (χ4n) is 3.51. The van der Waals surface area contributed by atoms with Gasteiger partial charge in [0.15, 0.2) is 17.2 Å². The van der Waals surface area contributed by atoms with Crippen LogP contribution in [0.2, 0.25) is 0 Å². The highest BCUT2D eigenvalue weighted by Gasteiger charge is 2.25. The zero-order valence-corrected chi connectivity index (χ0v) is 18.0. The average Bonchev–Trinajstić information content (AvgIpc) is 3.02. The third-order valence-corrected chi connectivity index (χ3v) is 5.19. The number of carbonyl (C=O) groups excluding carboxylic acids is 1. The lowest BCUT2D eigenvalue weighted by atomic mass is 10.1. The maximum absolute atomic E-state index is 13.2. The highest BCUT2D eigenvalue weighted by molar-refractivity contribution is 6.00. The Hall–Kier alpha value is -3.74. The standard InChI is InChI=1S/C24H24N4O3/c1-5-14-31-23(29)19-20-22(26-21(25-19)17-12-10-15(2)11-13-17)28(24(30)27(20)4)18-9-7-6-8-16(18)3/h6-13H,5,14H2,1-4H3. The van der Waals surface area contributed by atoms with E-state index in [0.29, 0.717) is 29.1 Å². The molecule has 7 nitrogen and oxygen atoms in total. The Kier molecular flexibility index (Phi) is 5.42. The third-order valence-electron chi connectivity index (χ3n) is 5.19. The fourth-order valence-corrected chi connectivity index (χ4v) is 3.51. The van der Waals surface area contributed by atoms with E-state index in [1.54, 1.807) is 7.05 Å². The largest absolute Gasteiger partial charge is 0.461 e. The number of esters is 1. The highest BCUT2D eigenvalue weighted by atomic mass is 16.5. The molecule has 0 aliphatic carbocycles. The van der Waals surface area contributed by atoms with E-state index in [0.717, 1.165) is 16.7 Å². The van der Waals surface area contributed by atoms with Gasteiger partial charge in [-0.3, -0.25) is 4.57 Å². The van der Waals surface area contributed by atoms with Crippen molar-refractivity contribution >= 4 is 17.1 Å². The first kappa shape index (κ1) is 20.5. The van der Waals surface area contributed by atoms with Gasteiger partial charge in [0.1, 0.15) is 5.52 Å². The summed E-state index contributed by atoms with van der Waals surface area (Å²) in [6.45, 7) is 6.12. The summed E-state index contributed by atoms with van der Waals surface area (Å²) in [6.07, 6.45) is 0.688. The number of fused-ring (bicyclic) bond motifs is 1. The van der Waals surface area contributed by atoms with Gasteiger partial charge < -0.3 is 4.74 Å². The molecule has 0 saturated carbocycles. The van der Waals surface area contributed by atoms with Crippen molar-refractivity contribution in [3.05, 3.63) is 75.8 Å². The number of aromatic nitrogens is 4. The van der Waals surface area contributed by atoms with E-state index in [9.17, 15) is 9.59 Å². The smallest absolute Gasteiger partial charge is 0.359 e. The molecule has 0 bridgehead atoms.